The highest BCUT2D eigenvalue weighted by Crippen LogP contribution is 2.21. The molecule has 0 fully saturated rings. The van der Waals surface area contributed by atoms with Gasteiger partial charge < -0.3 is 10.6 Å². The van der Waals surface area contributed by atoms with Gasteiger partial charge in [-0.25, -0.2) is 0 Å². The second-order valence-corrected chi connectivity index (χ2v) is 7.53. The van der Waals surface area contributed by atoms with Crippen LogP contribution in [-0.2, 0) is 0 Å². The number of rotatable bonds is 8. The first kappa shape index (κ1) is 20.2. The van der Waals surface area contributed by atoms with E-state index in [1.165, 1.54) is 11.1 Å². The van der Waals surface area contributed by atoms with E-state index in [9.17, 15) is 0 Å². The molecule has 3 aromatic rings. The van der Waals surface area contributed by atoms with Crippen LogP contribution in [0.15, 0.2) is 78.9 Å². The first-order valence-corrected chi connectivity index (χ1v) is 10.1. The Hall–Kier alpha value is -2.49. The SMILES string of the molecule is C[C@H](N[C@H](C)c1cccc([C@@H](C)N[C@@H](C)c2ccccc2)n1)c1ccccc1. The summed E-state index contributed by atoms with van der Waals surface area (Å²) in [7, 11) is 0. The second kappa shape index (κ2) is 9.63. The van der Waals surface area contributed by atoms with Crippen molar-refractivity contribution in [3.8, 4) is 0 Å². The van der Waals surface area contributed by atoms with E-state index in [4.69, 9.17) is 4.98 Å². The van der Waals surface area contributed by atoms with Crippen molar-refractivity contribution in [3.05, 3.63) is 101 Å². The Balaban J connectivity index is 1.65. The van der Waals surface area contributed by atoms with E-state index in [1.807, 2.05) is 0 Å². The zero-order valence-corrected chi connectivity index (χ0v) is 17.3. The molecule has 1 heterocycles. The topological polar surface area (TPSA) is 37.0 Å². The van der Waals surface area contributed by atoms with Crippen molar-refractivity contribution in [1.29, 1.82) is 0 Å². The molecule has 0 unspecified atom stereocenters. The average molecular weight is 374 g/mol. The second-order valence-electron chi connectivity index (χ2n) is 7.53. The molecule has 2 N–H and O–H groups in total. The maximum absolute atomic E-state index is 4.94. The fourth-order valence-electron chi connectivity index (χ4n) is 3.55. The fraction of sp³-hybridized carbons (Fsp3) is 0.320. The minimum absolute atomic E-state index is 0.175. The van der Waals surface area contributed by atoms with E-state index in [2.05, 4.69) is 117 Å². The molecule has 4 atom stereocenters. The van der Waals surface area contributed by atoms with Crippen LogP contribution in [0.4, 0.5) is 0 Å². The molecule has 0 saturated heterocycles. The standard InChI is InChI=1S/C25H31N3/c1-18(22-12-7-5-8-13-22)26-20(3)24-16-11-17-25(28-24)21(4)27-19(2)23-14-9-6-10-15-23/h5-21,26-27H,1-4H3/t18-,19-,20+,21+/m0/s1. The molecule has 0 aliphatic carbocycles. The first-order chi connectivity index (χ1) is 13.5. The number of nitrogens with one attached hydrogen (secondary N) is 2. The smallest absolute Gasteiger partial charge is 0.0574 e. The van der Waals surface area contributed by atoms with E-state index in [-0.39, 0.29) is 24.2 Å². The highest BCUT2D eigenvalue weighted by atomic mass is 15.0. The van der Waals surface area contributed by atoms with Crippen LogP contribution in [0.1, 0.15) is 74.4 Å². The van der Waals surface area contributed by atoms with Crippen LogP contribution in [0.3, 0.4) is 0 Å². The molecule has 0 bridgehead atoms. The number of nitrogens with zero attached hydrogens (tertiary/aromatic N) is 1. The van der Waals surface area contributed by atoms with Crippen molar-refractivity contribution in [2.45, 2.75) is 51.9 Å². The Bertz CT molecular complexity index is 779. The van der Waals surface area contributed by atoms with E-state index >= 15 is 0 Å². The van der Waals surface area contributed by atoms with Crippen LogP contribution in [0.5, 0.6) is 0 Å². The molecule has 0 amide bonds. The molecule has 3 nitrogen and oxygen atoms in total. The van der Waals surface area contributed by atoms with Gasteiger partial charge in [0.05, 0.1) is 11.4 Å². The molecular weight excluding hydrogens is 342 g/mol. The summed E-state index contributed by atoms with van der Waals surface area (Å²) < 4.78 is 0. The van der Waals surface area contributed by atoms with Gasteiger partial charge in [0.1, 0.15) is 0 Å². The summed E-state index contributed by atoms with van der Waals surface area (Å²) >= 11 is 0. The van der Waals surface area contributed by atoms with Crippen molar-refractivity contribution in [2.24, 2.45) is 0 Å². The predicted octanol–water partition coefficient (Wildman–Crippen LogP) is 5.91. The summed E-state index contributed by atoms with van der Waals surface area (Å²) in [5.74, 6) is 0. The molecular formula is C25H31N3. The van der Waals surface area contributed by atoms with Crippen LogP contribution < -0.4 is 10.6 Å². The third-order valence-electron chi connectivity index (χ3n) is 5.28. The van der Waals surface area contributed by atoms with Crippen LogP contribution in [0.2, 0.25) is 0 Å². The van der Waals surface area contributed by atoms with Gasteiger partial charge in [-0.1, -0.05) is 66.7 Å². The number of aromatic nitrogens is 1. The molecule has 0 spiro atoms. The summed E-state index contributed by atoms with van der Waals surface area (Å²) in [6.07, 6.45) is 0. The summed E-state index contributed by atoms with van der Waals surface area (Å²) in [4.78, 5) is 4.94. The molecule has 3 heteroatoms. The quantitative estimate of drug-likeness (QED) is 0.516. The lowest BCUT2D eigenvalue weighted by Crippen LogP contribution is -2.25. The number of benzene rings is 2. The van der Waals surface area contributed by atoms with Crippen LogP contribution in [0, 0.1) is 0 Å². The zero-order chi connectivity index (χ0) is 19.9. The summed E-state index contributed by atoms with van der Waals surface area (Å²) in [6, 6.07) is 28.3. The Labute approximate surface area is 169 Å². The van der Waals surface area contributed by atoms with Crippen LogP contribution in [-0.4, -0.2) is 4.98 Å². The van der Waals surface area contributed by atoms with Gasteiger partial charge in [0.2, 0.25) is 0 Å². The maximum atomic E-state index is 4.94. The monoisotopic (exact) mass is 373 g/mol. The molecule has 0 radical (unpaired) electrons. The van der Waals surface area contributed by atoms with Crippen molar-refractivity contribution in [1.82, 2.24) is 15.6 Å². The van der Waals surface area contributed by atoms with Crippen molar-refractivity contribution < 1.29 is 0 Å². The number of hydrogen-bond acceptors (Lipinski definition) is 3. The third-order valence-corrected chi connectivity index (χ3v) is 5.28. The van der Waals surface area contributed by atoms with Gasteiger partial charge in [-0.2, -0.15) is 0 Å². The summed E-state index contributed by atoms with van der Waals surface area (Å²) in [5.41, 5.74) is 4.72. The molecule has 1 aromatic heterocycles. The van der Waals surface area contributed by atoms with Crippen molar-refractivity contribution in [2.75, 3.05) is 0 Å². The molecule has 0 aliphatic heterocycles. The minimum atomic E-state index is 0.175. The normalized spacial score (nSPS) is 15.6. The van der Waals surface area contributed by atoms with E-state index in [1.54, 1.807) is 0 Å². The number of hydrogen-bond donors (Lipinski definition) is 2. The van der Waals surface area contributed by atoms with E-state index in [0.29, 0.717) is 0 Å². The largest absolute Gasteiger partial charge is 0.302 e. The molecule has 2 aromatic carbocycles. The molecule has 28 heavy (non-hydrogen) atoms. The lowest BCUT2D eigenvalue weighted by molar-refractivity contribution is 0.469. The van der Waals surface area contributed by atoms with Crippen LogP contribution >= 0.6 is 0 Å². The van der Waals surface area contributed by atoms with Gasteiger partial charge in [0, 0.05) is 24.2 Å². The van der Waals surface area contributed by atoms with E-state index in [0.717, 1.165) is 11.4 Å². The molecule has 146 valence electrons. The Morgan fingerprint density at radius 3 is 1.29 bits per heavy atom. The lowest BCUT2D eigenvalue weighted by atomic mass is 10.1. The summed E-state index contributed by atoms with van der Waals surface area (Å²) in [6.45, 7) is 8.75. The van der Waals surface area contributed by atoms with Gasteiger partial charge in [-0.3, -0.25) is 4.98 Å². The van der Waals surface area contributed by atoms with Gasteiger partial charge in [0.25, 0.3) is 0 Å². The predicted molar refractivity (Wildman–Crippen MR) is 117 cm³/mol. The zero-order valence-electron chi connectivity index (χ0n) is 17.3. The average Bonchev–Trinajstić information content (AvgIpc) is 2.75. The number of pyridine rings is 1. The Kier molecular flexibility index (Phi) is 6.96. The third kappa shape index (κ3) is 5.28. The Morgan fingerprint density at radius 1 is 0.500 bits per heavy atom. The van der Waals surface area contributed by atoms with Gasteiger partial charge >= 0.3 is 0 Å². The highest BCUT2D eigenvalue weighted by molar-refractivity contribution is 5.22. The van der Waals surface area contributed by atoms with Gasteiger partial charge in [-0.15, -0.1) is 0 Å². The Morgan fingerprint density at radius 2 is 0.893 bits per heavy atom. The van der Waals surface area contributed by atoms with Crippen molar-refractivity contribution in [3.63, 3.8) is 0 Å². The molecule has 0 aliphatic rings. The first-order valence-electron chi connectivity index (χ1n) is 10.1. The van der Waals surface area contributed by atoms with Crippen molar-refractivity contribution >= 4 is 0 Å². The van der Waals surface area contributed by atoms with E-state index < -0.39 is 0 Å². The fourth-order valence-corrected chi connectivity index (χ4v) is 3.55. The maximum Gasteiger partial charge on any atom is 0.0574 e. The van der Waals surface area contributed by atoms with Gasteiger partial charge in [-0.05, 0) is 51.0 Å². The molecule has 3 rings (SSSR count). The van der Waals surface area contributed by atoms with Crippen LogP contribution in [0.25, 0.3) is 0 Å². The minimum Gasteiger partial charge on any atom is -0.302 e. The van der Waals surface area contributed by atoms with Gasteiger partial charge in [0.15, 0.2) is 0 Å². The lowest BCUT2D eigenvalue weighted by Gasteiger charge is -2.23. The summed E-state index contributed by atoms with van der Waals surface area (Å²) in [5, 5.41) is 7.32. The highest BCUT2D eigenvalue weighted by Gasteiger charge is 2.16. The molecule has 0 saturated carbocycles.